The third kappa shape index (κ3) is 2.29. The third-order valence-corrected chi connectivity index (χ3v) is 2.71. The maximum Gasteiger partial charge on any atom is 0.182 e. The van der Waals surface area contributed by atoms with Crippen LogP contribution in [-0.2, 0) is 5.60 Å². The molecule has 1 aromatic rings. The predicted octanol–water partition coefficient (Wildman–Crippen LogP) is 2.96. The number of rotatable bonds is 2. The Labute approximate surface area is 95.0 Å². The lowest BCUT2D eigenvalue weighted by Gasteiger charge is -2.21. The second kappa shape index (κ2) is 4.06. The van der Waals surface area contributed by atoms with Crippen LogP contribution in [0.3, 0.4) is 0 Å². The summed E-state index contributed by atoms with van der Waals surface area (Å²) >= 11 is 2.76. The number of hydrogen-bond acceptors (Lipinski definition) is 2. The van der Waals surface area contributed by atoms with Crippen LogP contribution in [-0.4, -0.2) is 12.2 Å². The Bertz CT molecular complexity index is 386. The topological polar surface area (TPSA) is 29.5 Å². The van der Waals surface area contributed by atoms with Gasteiger partial charge in [-0.05, 0) is 35.8 Å². The molecule has 0 spiro atoms. The molecule has 84 valence electrons. The molecule has 0 atom stereocenters. The molecule has 15 heavy (non-hydrogen) atoms. The molecule has 2 nitrogen and oxygen atoms in total. The molecule has 0 aliphatic carbocycles. The molecule has 0 heterocycles. The SMILES string of the molecule is COc1c(C(C)(C)O)cc(F)c(Br)c1F. The van der Waals surface area contributed by atoms with Gasteiger partial charge in [-0.15, -0.1) is 0 Å². The molecule has 0 saturated carbocycles. The average molecular weight is 281 g/mol. The van der Waals surface area contributed by atoms with E-state index in [0.717, 1.165) is 6.07 Å². The molecule has 0 aliphatic heterocycles. The van der Waals surface area contributed by atoms with Gasteiger partial charge in [-0.25, -0.2) is 8.78 Å². The van der Waals surface area contributed by atoms with Crippen molar-refractivity contribution >= 4 is 15.9 Å². The summed E-state index contributed by atoms with van der Waals surface area (Å²) in [5, 5.41) is 9.71. The highest BCUT2D eigenvalue weighted by atomic mass is 79.9. The van der Waals surface area contributed by atoms with E-state index in [9.17, 15) is 13.9 Å². The van der Waals surface area contributed by atoms with Crippen LogP contribution < -0.4 is 4.74 Å². The Morgan fingerprint density at radius 2 is 1.93 bits per heavy atom. The van der Waals surface area contributed by atoms with Crippen molar-refractivity contribution < 1.29 is 18.6 Å². The zero-order chi connectivity index (χ0) is 11.8. The van der Waals surface area contributed by atoms with E-state index in [1.165, 1.54) is 21.0 Å². The van der Waals surface area contributed by atoms with Gasteiger partial charge in [0.1, 0.15) is 5.82 Å². The van der Waals surface area contributed by atoms with Crippen molar-refractivity contribution in [3.05, 3.63) is 27.7 Å². The van der Waals surface area contributed by atoms with Crippen molar-refractivity contribution in [2.75, 3.05) is 7.11 Å². The van der Waals surface area contributed by atoms with Crippen molar-refractivity contribution in [1.82, 2.24) is 0 Å². The lowest BCUT2D eigenvalue weighted by molar-refractivity contribution is 0.0744. The van der Waals surface area contributed by atoms with Gasteiger partial charge in [0.05, 0.1) is 17.2 Å². The summed E-state index contributed by atoms with van der Waals surface area (Å²) < 4.78 is 31.3. The number of hydrogen-bond donors (Lipinski definition) is 1. The van der Waals surface area contributed by atoms with E-state index in [1.54, 1.807) is 0 Å². The quantitative estimate of drug-likeness (QED) is 0.844. The minimum absolute atomic E-state index is 0.0724. The highest BCUT2D eigenvalue weighted by molar-refractivity contribution is 9.10. The van der Waals surface area contributed by atoms with Gasteiger partial charge in [-0.1, -0.05) is 0 Å². The van der Waals surface area contributed by atoms with Crippen LogP contribution in [0.4, 0.5) is 8.78 Å². The molecule has 0 amide bonds. The zero-order valence-corrected chi connectivity index (χ0v) is 10.2. The number of aliphatic hydroxyl groups is 1. The normalized spacial score (nSPS) is 11.7. The van der Waals surface area contributed by atoms with E-state index in [2.05, 4.69) is 15.9 Å². The minimum atomic E-state index is -1.37. The molecule has 0 radical (unpaired) electrons. The van der Waals surface area contributed by atoms with Crippen LogP contribution in [0.15, 0.2) is 10.5 Å². The Morgan fingerprint density at radius 3 is 2.33 bits per heavy atom. The lowest BCUT2D eigenvalue weighted by Crippen LogP contribution is -2.18. The highest BCUT2D eigenvalue weighted by Crippen LogP contribution is 2.36. The van der Waals surface area contributed by atoms with E-state index in [0.29, 0.717) is 0 Å². The zero-order valence-electron chi connectivity index (χ0n) is 8.57. The summed E-state index contributed by atoms with van der Waals surface area (Å²) in [6.07, 6.45) is 0. The fourth-order valence-electron chi connectivity index (χ4n) is 1.23. The van der Waals surface area contributed by atoms with Crippen LogP contribution in [0, 0.1) is 11.6 Å². The Hall–Kier alpha value is -0.680. The number of halogens is 3. The molecule has 1 aromatic carbocycles. The Kier molecular flexibility index (Phi) is 3.35. The summed E-state index contributed by atoms with van der Waals surface area (Å²) in [6, 6.07) is 1.05. The molecular formula is C10H11BrF2O2. The standard InChI is InChI=1S/C10H11BrF2O2/c1-10(2,14)5-4-6(12)7(11)8(13)9(5)15-3/h4,14H,1-3H3. The van der Waals surface area contributed by atoms with Gasteiger partial charge in [-0.2, -0.15) is 0 Å². The maximum absolute atomic E-state index is 13.5. The summed E-state index contributed by atoms with van der Waals surface area (Å²) in [5.74, 6) is -1.78. The molecule has 0 unspecified atom stereocenters. The van der Waals surface area contributed by atoms with Crippen LogP contribution in [0.1, 0.15) is 19.4 Å². The van der Waals surface area contributed by atoms with Gasteiger partial charge in [0.15, 0.2) is 11.6 Å². The number of ether oxygens (including phenoxy) is 1. The van der Waals surface area contributed by atoms with Crippen molar-refractivity contribution in [3.8, 4) is 5.75 Å². The van der Waals surface area contributed by atoms with Crippen molar-refractivity contribution in [3.63, 3.8) is 0 Å². The van der Waals surface area contributed by atoms with Gasteiger partial charge in [0.25, 0.3) is 0 Å². The van der Waals surface area contributed by atoms with E-state index in [-0.39, 0.29) is 15.8 Å². The highest BCUT2D eigenvalue weighted by Gasteiger charge is 2.27. The van der Waals surface area contributed by atoms with Gasteiger partial charge in [0, 0.05) is 5.56 Å². The molecule has 0 fully saturated rings. The van der Waals surface area contributed by atoms with E-state index >= 15 is 0 Å². The number of benzene rings is 1. The van der Waals surface area contributed by atoms with Gasteiger partial charge in [0.2, 0.25) is 0 Å². The summed E-state index contributed by atoms with van der Waals surface area (Å²) in [5.41, 5.74) is -1.29. The van der Waals surface area contributed by atoms with Crippen molar-refractivity contribution in [1.29, 1.82) is 0 Å². The molecule has 1 N–H and O–H groups in total. The first-order valence-corrected chi connectivity index (χ1v) is 5.02. The first-order chi connectivity index (χ1) is 6.79. The second-order valence-corrected chi connectivity index (χ2v) is 4.42. The second-order valence-electron chi connectivity index (χ2n) is 3.63. The van der Waals surface area contributed by atoms with Gasteiger partial charge in [-0.3, -0.25) is 0 Å². The van der Waals surface area contributed by atoms with Gasteiger partial charge < -0.3 is 9.84 Å². The predicted molar refractivity (Wildman–Crippen MR) is 55.9 cm³/mol. The largest absolute Gasteiger partial charge is 0.493 e. The molecular weight excluding hydrogens is 270 g/mol. The van der Waals surface area contributed by atoms with E-state index in [4.69, 9.17) is 4.74 Å². The van der Waals surface area contributed by atoms with Crippen LogP contribution >= 0.6 is 15.9 Å². The first-order valence-electron chi connectivity index (χ1n) is 4.23. The Balaban J connectivity index is 3.53. The van der Waals surface area contributed by atoms with Crippen LogP contribution in [0.25, 0.3) is 0 Å². The summed E-state index contributed by atoms with van der Waals surface area (Å²) in [7, 11) is 1.26. The van der Waals surface area contributed by atoms with Crippen molar-refractivity contribution in [2.24, 2.45) is 0 Å². The van der Waals surface area contributed by atoms with Crippen molar-refractivity contribution in [2.45, 2.75) is 19.4 Å². The molecule has 0 saturated heterocycles. The molecule has 0 bridgehead atoms. The average Bonchev–Trinajstić information content (AvgIpc) is 2.12. The van der Waals surface area contributed by atoms with Gasteiger partial charge >= 0.3 is 0 Å². The Morgan fingerprint density at radius 1 is 1.40 bits per heavy atom. The fraction of sp³-hybridized carbons (Fsp3) is 0.400. The molecule has 5 heteroatoms. The summed E-state index contributed by atoms with van der Waals surface area (Å²) in [6.45, 7) is 2.86. The van der Waals surface area contributed by atoms with Crippen LogP contribution in [0.2, 0.25) is 0 Å². The minimum Gasteiger partial charge on any atom is -0.493 e. The maximum atomic E-state index is 13.5. The molecule has 1 rings (SSSR count). The van der Waals surface area contributed by atoms with E-state index < -0.39 is 17.2 Å². The smallest absolute Gasteiger partial charge is 0.182 e. The summed E-state index contributed by atoms with van der Waals surface area (Å²) in [4.78, 5) is 0. The number of methoxy groups -OCH3 is 1. The van der Waals surface area contributed by atoms with E-state index in [1.807, 2.05) is 0 Å². The lowest BCUT2D eigenvalue weighted by atomic mass is 9.97. The molecule has 0 aromatic heterocycles. The third-order valence-electron chi connectivity index (χ3n) is 1.98. The fourth-order valence-corrected chi connectivity index (χ4v) is 1.53. The first kappa shape index (κ1) is 12.4. The molecule has 0 aliphatic rings. The van der Waals surface area contributed by atoms with Crippen LogP contribution in [0.5, 0.6) is 5.75 Å². The monoisotopic (exact) mass is 280 g/mol.